The van der Waals surface area contributed by atoms with Crippen LogP contribution in [0.25, 0.3) is 11.3 Å². The minimum Gasteiger partial charge on any atom is -0.445 e. The van der Waals surface area contributed by atoms with E-state index in [2.05, 4.69) is 15.2 Å². The lowest BCUT2D eigenvalue weighted by Gasteiger charge is -2.12. The smallest absolute Gasteiger partial charge is 0.344 e. The van der Waals surface area contributed by atoms with Gasteiger partial charge in [-0.25, -0.2) is 9.89 Å². The first-order valence-corrected chi connectivity index (χ1v) is 6.55. The number of hydrogen-bond acceptors (Lipinski definition) is 6. The number of rotatable bonds is 4. The van der Waals surface area contributed by atoms with Crippen LogP contribution in [-0.4, -0.2) is 32.7 Å². The molecule has 0 bridgehead atoms. The summed E-state index contributed by atoms with van der Waals surface area (Å²) in [6.07, 6.45) is 3.86. The molecular weight excluding hydrogens is 288 g/mol. The van der Waals surface area contributed by atoms with Crippen LogP contribution in [0.5, 0.6) is 0 Å². The van der Waals surface area contributed by atoms with Gasteiger partial charge in [-0.1, -0.05) is 0 Å². The van der Waals surface area contributed by atoms with Gasteiger partial charge in [0.1, 0.15) is 5.56 Å². The van der Waals surface area contributed by atoms with Crippen LogP contribution < -0.4 is 11.3 Å². The maximum atomic E-state index is 12.1. The summed E-state index contributed by atoms with van der Waals surface area (Å²) in [5.74, 6) is -1.60. The normalized spacial score (nSPS) is 15.1. The zero-order valence-electron chi connectivity index (χ0n) is 11.4. The topological polar surface area (TPSA) is 128 Å². The van der Waals surface area contributed by atoms with Crippen LogP contribution in [0.2, 0.25) is 0 Å². The van der Waals surface area contributed by atoms with Crippen molar-refractivity contribution in [1.29, 1.82) is 0 Å². The van der Waals surface area contributed by atoms with Crippen LogP contribution in [0.4, 0.5) is 0 Å². The van der Waals surface area contributed by atoms with Crippen molar-refractivity contribution in [3.05, 3.63) is 46.5 Å². The predicted molar refractivity (Wildman–Crippen MR) is 74.7 cm³/mol. The summed E-state index contributed by atoms with van der Waals surface area (Å²) < 4.78 is 5.09. The van der Waals surface area contributed by atoms with Gasteiger partial charge < -0.3 is 10.5 Å². The number of nitrogens with one attached hydrogen (secondary N) is 1. The van der Waals surface area contributed by atoms with E-state index in [1.807, 2.05) is 0 Å². The van der Waals surface area contributed by atoms with Gasteiger partial charge in [-0.15, -0.1) is 0 Å². The second kappa shape index (κ2) is 5.06. The number of hydrogen-bond donors (Lipinski definition) is 2. The molecule has 3 N–H and O–H groups in total. The van der Waals surface area contributed by atoms with Crippen LogP contribution in [0.1, 0.15) is 23.2 Å². The third-order valence-electron chi connectivity index (χ3n) is 3.44. The van der Waals surface area contributed by atoms with E-state index >= 15 is 0 Å². The highest BCUT2D eigenvalue weighted by molar-refractivity contribution is 5.95. The number of amides is 1. The summed E-state index contributed by atoms with van der Waals surface area (Å²) in [5.41, 5.74) is 4.07. The number of carbonyl (C=O) groups is 2. The second-order valence-corrected chi connectivity index (χ2v) is 4.98. The molecule has 1 aliphatic rings. The van der Waals surface area contributed by atoms with Crippen LogP contribution >= 0.6 is 0 Å². The fourth-order valence-electron chi connectivity index (χ4n) is 1.97. The quantitative estimate of drug-likeness (QED) is 0.765. The van der Waals surface area contributed by atoms with Crippen LogP contribution in [0.3, 0.4) is 0 Å². The number of aromatic nitrogens is 3. The van der Waals surface area contributed by atoms with E-state index < -0.39 is 23.0 Å². The van der Waals surface area contributed by atoms with E-state index in [4.69, 9.17) is 10.5 Å². The fraction of sp³-hybridized carbons (Fsp3) is 0.214. The van der Waals surface area contributed by atoms with Crippen molar-refractivity contribution < 1.29 is 14.3 Å². The summed E-state index contributed by atoms with van der Waals surface area (Å²) in [7, 11) is 0. The highest BCUT2D eigenvalue weighted by atomic mass is 16.6. The molecule has 8 heteroatoms. The Hall–Kier alpha value is -3.03. The zero-order valence-corrected chi connectivity index (χ0v) is 11.4. The Bertz CT molecular complexity index is 796. The molecule has 0 atom stereocenters. The molecule has 2 heterocycles. The molecule has 3 rings (SSSR count). The maximum absolute atomic E-state index is 12.1. The van der Waals surface area contributed by atoms with E-state index in [0.29, 0.717) is 24.1 Å². The standard InChI is InChI=1S/C14H12N4O4/c15-13(21)14(3-4-14)22-12(20)9-7-10(17-18-11(9)19)8-1-5-16-6-2-8/h1-2,5-7H,3-4H2,(H2,15,21)(H,18,19). The van der Waals surface area contributed by atoms with E-state index in [9.17, 15) is 14.4 Å². The summed E-state index contributed by atoms with van der Waals surface area (Å²) in [6, 6.07) is 4.68. The first kappa shape index (κ1) is 13.9. The van der Waals surface area contributed by atoms with Crippen LogP contribution in [-0.2, 0) is 9.53 Å². The largest absolute Gasteiger partial charge is 0.445 e. The molecule has 1 fully saturated rings. The van der Waals surface area contributed by atoms with Crippen molar-refractivity contribution >= 4 is 11.9 Å². The van der Waals surface area contributed by atoms with E-state index in [-0.39, 0.29) is 5.56 Å². The molecule has 1 amide bonds. The highest BCUT2D eigenvalue weighted by Gasteiger charge is 2.53. The number of nitrogens with zero attached hydrogens (tertiary/aromatic N) is 2. The van der Waals surface area contributed by atoms with Crippen molar-refractivity contribution in [2.45, 2.75) is 18.4 Å². The van der Waals surface area contributed by atoms with E-state index in [0.717, 1.165) is 0 Å². The summed E-state index contributed by atoms with van der Waals surface area (Å²) >= 11 is 0. The maximum Gasteiger partial charge on any atom is 0.344 e. The first-order chi connectivity index (χ1) is 10.5. The Labute approximate surface area is 124 Å². The molecule has 1 aliphatic carbocycles. The Kier molecular flexibility index (Phi) is 3.21. The number of carbonyl (C=O) groups excluding carboxylic acids is 2. The van der Waals surface area contributed by atoms with Crippen molar-refractivity contribution in [3.63, 3.8) is 0 Å². The van der Waals surface area contributed by atoms with Gasteiger partial charge >= 0.3 is 5.97 Å². The number of H-pyrrole nitrogens is 1. The number of pyridine rings is 1. The fourth-order valence-corrected chi connectivity index (χ4v) is 1.97. The molecule has 0 spiro atoms. The van der Waals surface area contributed by atoms with Crippen LogP contribution in [0.15, 0.2) is 35.4 Å². The Morgan fingerprint density at radius 3 is 2.55 bits per heavy atom. The van der Waals surface area contributed by atoms with Crippen molar-refractivity contribution in [1.82, 2.24) is 15.2 Å². The summed E-state index contributed by atoms with van der Waals surface area (Å²) in [5, 5.41) is 6.11. The van der Waals surface area contributed by atoms with E-state index in [1.165, 1.54) is 6.07 Å². The van der Waals surface area contributed by atoms with Gasteiger partial charge in [-0.3, -0.25) is 14.6 Å². The SMILES string of the molecule is NC(=O)C1(OC(=O)c2cc(-c3ccncc3)n[nH]c2=O)CC1. The van der Waals surface area contributed by atoms with Gasteiger partial charge in [-0.05, 0) is 18.2 Å². The number of aromatic amines is 1. The van der Waals surface area contributed by atoms with Crippen molar-refractivity contribution in [3.8, 4) is 11.3 Å². The third kappa shape index (κ3) is 2.46. The lowest BCUT2D eigenvalue weighted by Crippen LogP contribution is -2.36. The highest BCUT2D eigenvalue weighted by Crippen LogP contribution is 2.39. The Balaban J connectivity index is 1.92. The average Bonchev–Trinajstić information content (AvgIpc) is 3.29. The molecular formula is C14H12N4O4. The van der Waals surface area contributed by atoms with Crippen LogP contribution in [0, 0.1) is 0 Å². The number of primary amides is 1. The van der Waals surface area contributed by atoms with Gasteiger partial charge in [0.05, 0.1) is 5.69 Å². The van der Waals surface area contributed by atoms with Gasteiger partial charge in [0, 0.05) is 30.8 Å². The minimum atomic E-state index is -1.27. The molecule has 22 heavy (non-hydrogen) atoms. The van der Waals surface area contributed by atoms with Crippen molar-refractivity contribution in [2.75, 3.05) is 0 Å². The van der Waals surface area contributed by atoms with Gasteiger partial charge in [0.15, 0.2) is 5.60 Å². The lowest BCUT2D eigenvalue weighted by atomic mass is 10.1. The Morgan fingerprint density at radius 1 is 1.27 bits per heavy atom. The number of ether oxygens (including phenoxy) is 1. The van der Waals surface area contributed by atoms with Crippen molar-refractivity contribution in [2.24, 2.45) is 5.73 Å². The number of nitrogens with two attached hydrogens (primary N) is 1. The summed E-state index contributed by atoms with van der Waals surface area (Å²) in [6.45, 7) is 0. The van der Waals surface area contributed by atoms with Gasteiger partial charge in [0.2, 0.25) is 0 Å². The predicted octanol–water partition coefficient (Wildman–Crippen LogP) is 0.00660. The average molecular weight is 300 g/mol. The molecule has 0 aliphatic heterocycles. The minimum absolute atomic E-state index is 0.227. The number of esters is 1. The van der Waals surface area contributed by atoms with Gasteiger partial charge in [0.25, 0.3) is 11.5 Å². The summed E-state index contributed by atoms with van der Waals surface area (Å²) in [4.78, 5) is 39.0. The molecule has 112 valence electrons. The molecule has 0 unspecified atom stereocenters. The zero-order chi connectivity index (χ0) is 15.7. The third-order valence-corrected chi connectivity index (χ3v) is 3.44. The second-order valence-electron chi connectivity index (χ2n) is 4.98. The molecule has 1 saturated carbocycles. The molecule has 8 nitrogen and oxygen atoms in total. The molecule has 2 aromatic heterocycles. The molecule has 0 saturated heterocycles. The molecule has 2 aromatic rings. The Morgan fingerprint density at radius 2 is 1.95 bits per heavy atom. The lowest BCUT2D eigenvalue weighted by molar-refractivity contribution is -0.128. The monoisotopic (exact) mass is 300 g/mol. The molecule has 0 aromatic carbocycles. The van der Waals surface area contributed by atoms with Gasteiger partial charge in [-0.2, -0.15) is 5.10 Å². The van der Waals surface area contributed by atoms with E-state index in [1.54, 1.807) is 24.5 Å². The first-order valence-electron chi connectivity index (χ1n) is 6.55. The molecule has 0 radical (unpaired) electrons.